The first kappa shape index (κ1) is 14.1. The molecule has 108 valence electrons. The number of benzene rings is 1. The number of halogens is 2. The fraction of sp³-hybridized carbons (Fsp3) is 0.188. The van der Waals surface area contributed by atoms with Crippen LogP contribution in [0.3, 0.4) is 0 Å². The smallest absolute Gasteiger partial charge is 0.164 e. The van der Waals surface area contributed by atoms with E-state index < -0.39 is 17.7 Å². The minimum absolute atomic E-state index is 0.290. The molecule has 0 aliphatic heterocycles. The van der Waals surface area contributed by atoms with Crippen molar-refractivity contribution in [1.29, 1.82) is 0 Å². The van der Waals surface area contributed by atoms with Crippen LogP contribution in [0.25, 0.3) is 10.2 Å². The van der Waals surface area contributed by atoms with Crippen molar-refractivity contribution in [1.82, 2.24) is 10.3 Å². The van der Waals surface area contributed by atoms with Crippen molar-refractivity contribution in [2.24, 2.45) is 0 Å². The Hall–Kier alpha value is -1.85. The SMILES string of the molecule is CNC(c1cnc2ccsc2c1)c1ccc(C)c(F)c1F. The molecule has 0 bridgehead atoms. The molecule has 0 fully saturated rings. The lowest BCUT2D eigenvalue weighted by atomic mass is 9.98. The van der Waals surface area contributed by atoms with Crippen LogP contribution in [0, 0.1) is 18.6 Å². The van der Waals surface area contributed by atoms with Gasteiger partial charge in [0.1, 0.15) is 0 Å². The highest BCUT2D eigenvalue weighted by atomic mass is 32.1. The predicted octanol–water partition coefficient (Wildman–Crippen LogP) is 4.19. The molecule has 0 radical (unpaired) electrons. The zero-order valence-electron chi connectivity index (χ0n) is 11.7. The Kier molecular flexibility index (Phi) is 3.69. The number of hydrogen-bond acceptors (Lipinski definition) is 3. The summed E-state index contributed by atoms with van der Waals surface area (Å²) in [6.07, 6.45) is 1.70. The number of nitrogens with one attached hydrogen (secondary N) is 1. The van der Waals surface area contributed by atoms with E-state index >= 15 is 0 Å². The number of aryl methyl sites for hydroxylation is 1. The van der Waals surface area contributed by atoms with Crippen LogP contribution in [0.15, 0.2) is 35.8 Å². The Balaban J connectivity index is 2.11. The van der Waals surface area contributed by atoms with Crippen molar-refractivity contribution in [3.8, 4) is 0 Å². The first-order valence-electron chi connectivity index (χ1n) is 6.56. The second-order valence-electron chi connectivity index (χ2n) is 4.89. The molecule has 2 heterocycles. The van der Waals surface area contributed by atoms with Gasteiger partial charge in [0.2, 0.25) is 0 Å². The van der Waals surface area contributed by atoms with Gasteiger partial charge >= 0.3 is 0 Å². The van der Waals surface area contributed by atoms with Crippen molar-refractivity contribution in [2.75, 3.05) is 7.05 Å². The van der Waals surface area contributed by atoms with E-state index in [0.717, 1.165) is 15.8 Å². The third-order valence-electron chi connectivity index (χ3n) is 3.56. The van der Waals surface area contributed by atoms with Crippen LogP contribution >= 0.6 is 11.3 Å². The van der Waals surface area contributed by atoms with Crippen molar-refractivity contribution in [3.63, 3.8) is 0 Å². The molecule has 0 aliphatic rings. The van der Waals surface area contributed by atoms with Gasteiger partial charge in [0.25, 0.3) is 0 Å². The van der Waals surface area contributed by atoms with E-state index in [9.17, 15) is 8.78 Å². The normalized spacial score (nSPS) is 12.8. The standard InChI is InChI=1S/C16H14F2N2S/c1-9-3-4-11(15(18)14(9)17)16(19-2)10-7-13-12(20-8-10)5-6-21-13/h3-8,16,19H,1-2H3. The predicted molar refractivity (Wildman–Crippen MR) is 81.6 cm³/mol. The van der Waals surface area contributed by atoms with Gasteiger partial charge in [-0.25, -0.2) is 8.78 Å². The summed E-state index contributed by atoms with van der Waals surface area (Å²) in [5.41, 5.74) is 2.32. The maximum atomic E-state index is 14.2. The Morgan fingerprint density at radius 3 is 2.76 bits per heavy atom. The molecule has 1 aromatic carbocycles. The van der Waals surface area contributed by atoms with E-state index in [1.54, 1.807) is 43.6 Å². The molecule has 1 atom stereocenters. The minimum atomic E-state index is -0.805. The quantitative estimate of drug-likeness (QED) is 0.785. The van der Waals surface area contributed by atoms with Crippen LogP contribution in [0.1, 0.15) is 22.7 Å². The Bertz CT molecular complexity index is 798. The fourth-order valence-corrected chi connectivity index (χ4v) is 3.19. The summed E-state index contributed by atoms with van der Waals surface area (Å²) >= 11 is 1.58. The highest BCUT2D eigenvalue weighted by molar-refractivity contribution is 7.17. The molecule has 0 amide bonds. The molecule has 3 rings (SSSR count). The number of nitrogens with zero attached hydrogens (tertiary/aromatic N) is 1. The Morgan fingerprint density at radius 2 is 2.00 bits per heavy atom. The second kappa shape index (κ2) is 5.50. The number of pyridine rings is 1. The Labute approximate surface area is 125 Å². The molecule has 1 unspecified atom stereocenters. The van der Waals surface area contributed by atoms with Crippen LogP contribution in [0.4, 0.5) is 8.78 Å². The van der Waals surface area contributed by atoms with Crippen LogP contribution in [0.2, 0.25) is 0 Å². The lowest BCUT2D eigenvalue weighted by Crippen LogP contribution is -2.20. The molecule has 2 nitrogen and oxygen atoms in total. The zero-order valence-corrected chi connectivity index (χ0v) is 12.5. The number of rotatable bonds is 3. The van der Waals surface area contributed by atoms with E-state index in [-0.39, 0.29) is 0 Å². The summed E-state index contributed by atoms with van der Waals surface area (Å²) in [6, 6.07) is 6.68. The topological polar surface area (TPSA) is 24.9 Å². The van der Waals surface area contributed by atoms with E-state index in [1.807, 2.05) is 17.5 Å². The molecule has 3 aromatic rings. The van der Waals surface area contributed by atoms with Gasteiger partial charge in [-0.05, 0) is 42.6 Å². The molecule has 0 aliphatic carbocycles. The highest BCUT2D eigenvalue weighted by Crippen LogP contribution is 2.29. The first-order chi connectivity index (χ1) is 10.1. The number of fused-ring (bicyclic) bond motifs is 1. The van der Waals surface area contributed by atoms with Crippen LogP contribution in [-0.4, -0.2) is 12.0 Å². The van der Waals surface area contributed by atoms with Gasteiger partial charge in [-0.1, -0.05) is 12.1 Å². The summed E-state index contributed by atoms with van der Waals surface area (Å²) in [5.74, 6) is -1.60. The monoisotopic (exact) mass is 304 g/mol. The average Bonchev–Trinajstić information content (AvgIpc) is 2.95. The first-order valence-corrected chi connectivity index (χ1v) is 7.44. The molecule has 0 saturated heterocycles. The van der Waals surface area contributed by atoms with Crippen LogP contribution in [-0.2, 0) is 0 Å². The molecule has 2 aromatic heterocycles. The second-order valence-corrected chi connectivity index (χ2v) is 5.84. The van der Waals surface area contributed by atoms with E-state index in [2.05, 4.69) is 10.3 Å². The minimum Gasteiger partial charge on any atom is -0.309 e. The molecular weight excluding hydrogens is 290 g/mol. The molecule has 1 N–H and O–H groups in total. The van der Waals surface area contributed by atoms with Crippen molar-refractivity contribution < 1.29 is 8.78 Å². The number of hydrogen-bond donors (Lipinski definition) is 1. The van der Waals surface area contributed by atoms with Crippen molar-refractivity contribution in [2.45, 2.75) is 13.0 Å². The molecule has 0 saturated carbocycles. The molecule has 5 heteroatoms. The maximum Gasteiger partial charge on any atom is 0.164 e. The maximum absolute atomic E-state index is 14.2. The average molecular weight is 304 g/mol. The summed E-state index contributed by atoms with van der Waals surface area (Å²) in [5, 5.41) is 5.00. The van der Waals surface area contributed by atoms with E-state index in [0.29, 0.717) is 11.1 Å². The van der Waals surface area contributed by atoms with E-state index in [1.165, 1.54) is 0 Å². The van der Waals surface area contributed by atoms with Crippen molar-refractivity contribution >= 4 is 21.6 Å². The van der Waals surface area contributed by atoms with Crippen molar-refractivity contribution in [3.05, 3.63) is 64.2 Å². The van der Waals surface area contributed by atoms with Crippen LogP contribution < -0.4 is 5.32 Å². The van der Waals surface area contributed by atoms with Gasteiger partial charge in [0.15, 0.2) is 11.6 Å². The lowest BCUT2D eigenvalue weighted by molar-refractivity contribution is 0.482. The van der Waals surface area contributed by atoms with Gasteiger partial charge < -0.3 is 5.32 Å². The third-order valence-corrected chi connectivity index (χ3v) is 4.42. The van der Waals surface area contributed by atoms with Gasteiger partial charge in [-0.2, -0.15) is 0 Å². The molecule has 0 spiro atoms. The van der Waals surface area contributed by atoms with Gasteiger partial charge in [-0.15, -0.1) is 11.3 Å². The summed E-state index contributed by atoms with van der Waals surface area (Å²) in [4.78, 5) is 4.36. The highest BCUT2D eigenvalue weighted by Gasteiger charge is 2.20. The summed E-state index contributed by atoms with van der Waals surface area (Å²) in [6.45, 7) is 1.55. The summed E-state index contributed by atoms with van der Waals surface area (Å²) < 4.78 is 29.0. The largest absolute Gasteiger partial charge is 0.309 e. The number of thiophene rings is 1. The fourth-order valence-electron chi connectivity index (χ4n) is 2.41. The molecule has 21 heavy (non-hydrogen) atoms. The number of aromatic nitrogens is 1. The van der Waals surface area contributed by atoms with E-state index in [4.69, 9.17) is 0 Å². The summed E-state index contributed by atoms with van der Waals surface area (Å²) in [7, 11) is 1.72. The molecular formula is C16H14F2N2S. The Morgan fingerprint density at radius 1 is 1.19 bits per heavy atom. The lowest BCUT2D eigenvalue weighted by Gasteiger charge is -2.18. The van der Waals surface area contributed by atoms with Crippen LogP contribution in [0.5, 0.6) is 0 Å². The van der Waals surface area contributed by atoms with Gasteiger partial charge in [0, 0.05) is 11.8 Å². The third kappa shape index (κ3) is 2.43. The van der Waals surface area contributed by atoms with Gasteiger partial charge in [-0.3, -0.25) is 4.98 Å². The zero-order chi connectivity index (χ0) is 15.0. The van der Waals surface area contributed by atoms with Gasteiger partial charge in [0.05, 0.1) is 16.3 Å².